The first kappa shape index (κ1) is 18.5. The number of hydrogen-bond donors (Lipinski definition) is 1. The molecule has 1 heterocycles. The van der Waals surface area contributed by atoms with E-state index >= 15 is 0 Å². The molecule has 1 amide bonds. The number of hydrogen-bond acceptors (Lipinski definition) is 3. The van der Waals surface area contributed by atoms with E-state index in [-0.39, 0.29) is 11.3 Å². The number of likely N-dealkylation sites (N-methyl/N-ethyl adjacent to an activating group) is 1. The number of anilines is 2. The topological polar surface area (TPSA) is 35.6 Å². The number of amides is 1. The average Bonchev–Trinajstić information content (AvgIpc) is 2.62. The molecular formula is C22H29N3O. The molecule has 138 valence electrons. The van der Waals surface area contributed by atoms with Crippen LogP contribution in [0, 0.1) is 0 Å². The largest absolute Gasteiger partial charge is 0.369 e. The second kappa shape index (κ2) is 7.50. The van der Waals surface area contributed by atoms with Gasteiger partial charge in [0.1, 0.15) is 0 Å². The molecule has 4 heteroatoms. The Balaban J connectivity index is 1.62. The van der Waals surface area contributed by atoms with Crippen LogP contribution in [0.3, 0.4) is 0 Å². The highest BCUT2D eigenvalue weighted by Gasteiger charge is 2.15. The summed E-state index contributed by atoms with van der Waals surface area (Å²) in [7, 11) is 2.16. The smallest absolute Gasteiger partial charge is 0.255 e. The molecule has 2 aromatic carbocycles. The Labute approximate surface area is 156 Å². The number of rotatable bonds is 3. The molecule has 2 aromatic rings. The van der Waals surface area contributed by atoms with Gasteiger partial charge in [0.05, 0.1) is 0 Å². The second-order valence-electron chi connectivity index (χ2n) is 8.12. The Morgan fingerprint density at radius 3 is 2.00 bits per heavy atom. The molecule has 0 aromatic heterocycles. The normalized spacial score (nSPS) is 15.8. The minimum Gasteiger partial charge on any atom is -0.369 e. The van der Waals surface area contributed by atoms with Crippen molar-refractivity contribution in [2.45, 2.75) is 26.2 Å². The zero-order valence-electron chi connectivity index (χ0n) is 16.2. The van der Waals surface area contributed by atoms with Crippen LogP contribution in [0.1, 0.15) is 36.7 Å². The fraction of sp³-hybridized carbons (Fsp3) is 0.409. The van der Waals surface area contributed by atoms with Gasteiger partial charge in [0.25, 0.3) is 5.91 Å². The van der Waals surface area contributed by atoms with Crippen LogP contribution < -0.4 is 10.2 Å². The van der Waals surface area contributed by atoms with Crippen molar-refractivity contribution in [2.24, 2.45) is 0 Å². The van der Waals surface area contributed by atoms with E-state index in [2.05, 4.69) is 55.1 Å². The van der Waals surface area contributed by atoms with Gasteiger partial charge in [0.2, 0.25) is 0 Å². The minimum atomic E-state index is -0.0715. The predicted octanol–water partition coefficient (Wildman–Crippen LogP) is 3.99. The van der Waals surface area contributed by atoms with E-state index in [1.54, 1.807) is 0 Å². The maximum atomic E-state index is 12.5. The molecule has 26 heavy (non-hydrogen) atoms. The van der Waals surface area contributed by atoms with Crippen LogP contribution in [0.2, 0.25) is 0 Å². The fourth-order valence-electron chi connectivity index (χ4n) is 3.15. The number of piperazine rings is 1. The van der Waals surface area contributed by atoms with Gasteiger partial charge in [0, 0.05) is 43.1 Å². The Morgan fingerprint density at radius 2 is 1.46 bits per heavy atom. The van der Waals surface area contributed by atoms with Crippen molar-refractivity contribution in [3.05, 3.63) is 59.7 Å². The predicted molar refractivity (Wildman–Crippen MR) is 109 cm³/mol. The highest BCUT2D eigenvalue weighted by molar-refractivity contribution is 6.04. The van der Waals surface area contributed by atoms with Crippen LogP contribution in [-0.2, 0) is 5.41 Å². The zero-order chi connectivity index (χ0) is 18.7. The molecule has 0 radical (unpaired) electrons. The third-order valence-electron chi connectivity index (χ3n) is 5.01. The molecule has 4 nitrogen and oxygen atoms in total. The molecule has 1 N–H and O–H groups in total. The summed E-state index contributed by atoms with van der Waals surface area (Å²) < 4.78 is 0. The number of nitrogens with one attached hydrogen (secondary N) is 1. The van der Waals surface area contributed by atoms with Crippen molar-refractivity contribution in [3.8, 4) is 0 Å². The lowest BCUT2D eigenvalue weighted by Gasteiger charge is -2.34. The van der Waals surface area contributed by atoms with Crippen LogP contribution in [0.5, 0.6) is 0 Å². The number of nitrogens with zero attached hydrogens (tertiary/aromatic N) is 2. The van der Waals surface area contributed by atoms with Crippen LogP contribution in [0.4, 0.5) is 11.4 Å². The van der Waals surface area contributed by atoms with E-state index in [4.69, 9.17) is 0 Å². The first-order valence-electron chi connectivity index (χ1n) is 9.28. The maximum Gasteiger partial charge on any atom is 0.255 e. The molecular weight excluding hydrogens is 322 g/mol. The van der Waals surface area contributed by atoms with Gasteiger partial charge in [-0.1, -0.05) is 32.9 Å². The van der Waals surface area contributed by atoms with E-state index in [1.807, 2.05) is 36.4 Å². The monoisotopic (exact) mass is 351 g/mol. The quantitative estimate of drug-likeness (QED) is 0.908. The van der Waals surface area contributed by atoms with E-state index in [9.17, 15) is 4.79 Å². The van der Waals surface area contributed by atoms with Gasteiger partial charge < -0.3 is 15.1 Å². The van der Waals surface area contributed by atoms with Crippen molar-refractivity contribution < 1.29 is 4.79 Å². The highest BCUT2D eigenvalue weighted by atomic mass is 16.1. The Morgan fingerprint density at radius 1 is 0.885 bits per heavy atom. The first-order valence-corrected chi connectivity index (χ1v) is 9.28. The Bertz CT molecular complexity index is 736. The molecule has 1 aliphatic heterocycles. The third-order valence-corrected chi connectivity index (χ3v) is 5.01. The van der Waals surface area contributed by atoms with E-state index in [1.165, 1.54) is 11.3 Å². The summed E-state index contributed by atoms with van der Waals surface area (Å²) in [6, 6.07) is 16.0. The van der Waals surface area contributed by atoms with E-state index in [0.717, 1.165) is 31.9 Å². The lowest BCUT2D eigenvalue weighted by Crippen LogP contribution is -2.44. The molecule has 0 saturated carbocycles. The summed E-state index contributed by atoms with van der Waals surface area (Å²) in [4.78, 5) is 17.2. The van der Waals surface area contributed by atoms with Crippen LogP contribution in [-0.4, -0.2) is 44.0 Å². The van der Waals surface area contributed by atoms with Gasteiger partial charge in [0.15, 0.2) is 0 Å². The van der Waals surface area contributed by atoms with Crippen LogP contribution in [0.15, 0.2) is 48.5 Å². The Hall–Kier alpha value is -2.33. The summed E-state index contributed by atoms with van der Waals surface area (Å²) in [5.74, 6) is -0.0715. The first-order chi connectivity index (χ1) is 12.3. The number of benzene rings is 2. The minimum absolute atomic E-state index is 0.0715. The number of carbonyl (C=O) groups excluding carboxylic acids is 1. The lowest BCUT2D eigenvalue weighted by molar-refractivity contribution is 0.102. The number of carbonyl (C=O) groups is 1. The van der Waals surface area contributed by atoms with Crippen LogP contribution >= 0.6 is 0 Å². The summed E-state index contributed by atoms with van der Waals surface area (Å²) in [5.41, 5.74) is 4.04. The Kier molecular flexibility index (Phi) is 5.33. The van der Waals surface area contributed by atoms with Crippen molar-refractivity contribution >= 4 is 17.3 Å². The maximum absolute atomic E-state index is 12.5. The molecule has 3 rings (SSSR count). The summed E-state index contributed by atoms with van der Waals surface area (Å²) >= 11 is 0. The van der Waals surface area contributed by atoms with Gasteiger partial charge in [-0.3, -0.25) is 4.79 Å². The van der Waals surface area contributed by atoms with Gasteiger partial charge >= 0.3 is 0 Å². The molecule has 1 aliphatic rings. The average molecular weight is 351 g/mol. The molecule has 0 spiro atoms. The molecule has 0 atom stereocenters. The van der Waals surface area contributed by atoms with Gasteiger partial charge in [-0.2, -0.15) is 0 Å². The summed E-state index contributed by atoms with van der Waals surface area (Å²) in [5, 5.41) is 2.99. The molecule has 1 fully saturated rings. The highest BCUT2D eigenvalue weighted by Crippen LogP contribution is 2.23. The fourth-order valence-corrected chi connectivity index (χ4v) is 3.15. The molecule has 0 aliphatic carbocycles. The van der Waals surface area contributed by atoms with Gasteiger partial charge in [-0.15, -0.1) is 0 Å². The van der Waals surface area contributed by atoms with E-state index < -0.39 is 0 Å². The summed E-state index contributed by atoms with van der Waals surface area (Å²) in [6.07, 6.45) is 0. The SMILES string of the molecule is CN1CCN(c2ccc(NC(=O)c3ccc(C(C)(C)C)cc3)cc2)CC1. The molecule has 1 saturated heterocycles. The van der Waals surface area contributed by atoms with Crippen molar-refractivity contribution in [1.82, 2.24) is 4.90 Å². The standard InChI is InChI=1S/C22H29N3O/c1-22(2,3)18-7-5-17(6-8-18)21(26)23-19-9-11-20(12-10-19)25-15-13-24(4)14-16-25/h5-12H,13-16H2,1-4H3,(H,23,26). The van der Waals surface area contributed by atoms with Crippen LogP contribution in [0.25, 0.3) is 0 Å². The van der Waals surface area contributed by atoms with E-state index in [0.29, 0.717) is 5.56 Å². The zero-order valence-corrected chi connectivity index (χ0v) is 16.2. The third kappa shape index (κ3) is 4.44. The molecule has 0 bridgehead atoms. The lowest BCUT2D eigenvalue weighted by atomic mass is 9.87. The second-order valence-corrected chi connectivity index (χ2v) is 8.12. The molecule has 0 unspecified atom stereocenters. The van der Waals surface area contributed by atoms with Crippen molar-refractivity contribution in [3.63, 3.8) is 0 Å². The van der Waals surface area contributed by atoms with Crippen molar-refractivity contribution in [1.29, 1.82) is 0 Å². The van der Waals surface area contributed by atoms with Crippen molar-refractivity contribution in [2.75, 3.05) is 43.4 Å². The van der Waals surface area contributed by atoms with Gasteiger partial charge in [-0.25, -0.2) is 0 Å². The summed E-state index contributed by atoms with van der Waals surface area (Å²) in [6.45, 7) is 10.8. The van der Waals surface area contributed by atoms with Gasteiger partial charge in [-0.05, 0) is 54.4 Å².